The lowest BCUT2D eigenvalue weighted by molar-refractivity contribution is 0.0809. The van der Waals surface area contributed by atoms with Gasteiger partial charge in [-0.25, -0.2) is 8.78 Å². The van der Waals surface area contributed by atoms with Crippen LogP contribution in [0, 0.1) is 24.5 Å². The maximum Gasteiger partial charge on any atom is 0.164 e. The molecule has 0 spiro atoms. The summed E-state index contributed by atoms with van der Waals surface area (Å²) in [6.45, 7) is 1.52. The molecule has 0 aliphatic heterocycles. The van der Waals surface area contributed by atoms with Gasteiger partial charge in [-0.15, -0.1) is 0 Å². The van der Waals surface area contributed by atoms with E-state index in [1.165, 1.54) is 25.5 Å². The van der Waals surface area contributed by atoms with Gasteiger partial charge in [-0.1, -0.05) is 31.4 Å². The molecule has 0 saturated heterocycles. The molecule has 1 aromatic carbocycles. The van der Waals surface area contributed by atoms with Gasteiger partial charge in [0.05, 0.1) is 6.10 Å². The number of aliphatic hydroxyl groups excluding tert-OH is 1. The molecule has 1 atom stereocenters. The van der Waals surface area contributed by atoms with Crippen molar-refractivity contribution < 1.29 is 13.9 Å². The first-order valence-electron chi connectivity index (χ1n) is 6.24. The molecular weight excluding hydrogens is 222 g/mol. The van der Waals surface area contributed by atoms with E-state index in [-0.39, 0.29) is 17.0 Å². The standard InChI is InChI=1S/C14H18F2O/c1-9-7-8-11(13(16)12(9)15)14(17)10-5-3-2-4-6-10/h7-8,10,14,17H,2-6H2,1H3. The van der Waals surface area contributed by atoms with E-state index in [9.17, 15) is 13.9 Å². The molecule has 17 heavy (non-hydrogen) atoms. The highest BCUT2D eigenvalue weighted by atomic mass is 19.2. The summed E-state index contributed by atoms with van der Waals surface area (Å²) in [5.41, 5.74) is 0.391. The smallest absolute Gasteiger partial charge is 0.164 e. The van der Waals surface area contributed by atoms with Crippen molar-refractivity contribution in [3.63, 3.8) is 0 Å². The summed E-state index contributed by atoms with van der Waals surface area (Å²) < 4.78 is 27.2. The third-order valence-corrected chi connectivity index (χ3v) is 3.72. The first-order chi connectivity index (χ1) is 8.11. The van der Waals surface area contributed by atoms with Gasteiger partial charge in [0.2, 0.25) is 0 Å². The van der Waals surface area contributed by atoms with Crippen molar-refractivity contribution in [2.75, 3.05) is 0 Å². The van der Waals surface area contributed by atoms with Gasteiger partial charge in [-0.2, -0.15) is 0 Å². The van der Waals surface area contributed by atoms with Crippen LogP contribution >= 0.6 is 0 Å². The SMILES string of the molecule is Cc1ccc(C(O)C2CCCCC2)c(F)c1F. The zero-order valence-electron chi connectivity index (χ0n) is 10.0. The Kier molecular flexibility index (Phi) is 3.77. The zero-order valence-corrected chi connectivity index (χ0v) is 10.0. The predicted molar refractivity (Wildman–Crippen MR) is 62.6 cm³/mol. The van der Waals surface area contributed by atoms with Crippen LogP contribution in [0.25, 0.3) is 0 Å². The average molecular weight is 240 g/mol. The summed E-state index contributed by atoms with van der Waals surface area (Å²) in [6.07, 6.45) is 4.24. The fourth-order valence-electron chi connectivity index (χ4n) is 2.59. The molecule has 0 heterocycles. The second-order valence-electron chi connectivity index (χ2n) is 4.94. The summed E-state index contributed by atoms with van der Waals surface area (Å²) in [4.78, 5) is 0. The average Bonchev–Trinajstić information content (AvgIpc) is 2.36. The van der Waals surface area contributed by atoms with Gasteiger partial charge < -0.3 is 5.11 Å². The molecule has 0 radical (unpaired) electrons. The predicted octanol–water partition coefficient (Wildman–Crippen LogP) is 3.89. The molecule has 1 saturated carbocycles. The molecule has 1 aromatic rings. The summed E-state index contributed by atoms with van der Waals surface area (Å²) in [5, 5.41) is 10.1. The Labute approximate surface area is 100 Å². The van der Waals surface area contributed by atoms with Crippen LogP contribution in [-0.4, -0.2) is 5.11 Å². The van der Waals surface area contributed by atoms with Crippen molar-refractivity contribution in [1.29, 1.82) is 0 Å². The van der Waals surface area contributed by atoms with E-state index in [0.29, 0.717) is 0 Å². The van der Waals surface area contributed by atoms with Crippen LogP contribution in [-0.2, 0) is 0 Å². The molecule has 0 aromatic heterocycles. The number of rotatable bonds is 2. The number of halogens is 2. The fraction of sp³-hybridized carbons (Fsp3) is 0.571. The van der Waals surface area contributed by atoms with E-state index >= 15 is 0 Å². The van der Waals surface area contributed by atoms with Gasteiger partial charge in [0.25, 0.3) is 0 Å². The van der Waals surface area contributed by atoms with Gasteiger partial charge >= 0.3 is 0 Å². The molecule has 0 amide bonds. The van der Waals surface area contributed by atoms with Crippen LogP contribution in [0.5, 0.6) is 0 Å². The Bertz CT molecular complexity index is 397. The van der Waals surface area contributed by atoms with E-state index in [4.69, 9.17) is 0 Å². The minimum Gasteiger partial charge on any atom is -0.388 e. The number of hydrogen-bond acceptors (Lipinski definition) is 1. The summed E-state index contributed by atoms with van der Waals surface area (Å²) in [6, 6.07) is 3.03. The summed E-state index contributed by atoms with van der Waals surface area (Å²) in [7, 11) is 0. The van der Waals surface area contributed by atoms with E-state index in [1.54, 1.807) is 0 Å². The maximum atomic E-state index is 13.7. The Morgan fingerprint density at radius 3 is 2.41 bits per heavy atom. The third kappa shape index (κ3) is 2.49. The number of aryl methyl sites for hydroxylation is 1. The topological polar surface area (TPSA) is 20.2 Å². The molecule has 2 rings (SSSR count). The number of hydrogen-bond donors (Lipinski definition) is 1. The Hall–Kier alpha value is -0.960. The molecule has 1 aliphatic rings. The van der Waals surface area contributed by atoms with Crippen LogP contribution in [0.1, 0.15) is 49.3 Å². The van der Waals surface area contributed by atoms with Crippen molar-refractivity contribution in [2.24, 2.45) is 5.92 Å². The van der Waals surface area contributed by atoms with Crippen LogP contribution in [0.4, 0.5) is 8.78 Å². The minimum atomic E-state index is -0.886. The normalized spacial score (nSPS) is 19.3. The highest BCUT2D eigenvalue weighted by Gasteiger charge is 2.26. The molecular formula is C14H18F2O. The summed E-state index contributed by atoms with van der Waals surface area (Å²) >= 11 is 0. The van der Waals surface area contributed by atoms with E-state index in [1.807, 2.05) is 0 Å². The first kappa shape index (κ1) is 12.5. The van der Waals surface area contributed by atoms with Gasteiger partial charge in [0.15, 0.2) is 11.6 Å². The lowest BCUT2D eigenvalue weighted by Gasteiger charge is -2.27. The van der Waals surface area contributed by atoms with Crippen LogP contribution in [0.2, 0.25) is 0 Å². The second kappa shape index (κ2) is 5.13. The lowest BCUT2D eigenvalue weighted by atomic mass is 9.82. The zero-order chi connectivity index (χ0) is 12.4. The molecule has 1 unspecified atom stereocenters. The van der Waals surface area contributed by atoms with Crippen molar-refractivity contribution in [3.8, 4) is 0 Å². The molecule has 1 fully saturated rings. The largest absolute Gasteiger partial charge is 0.388 e. The fourth-order valence-corrected chi connectivity index (χ4v) is 2.59. The van der Waals surface area contributed by atoms with Gasteiger partial charge in [0.1, 0.15) is 0 Å². The van der Waals surface area contributed by atoms with Crippen molar-refractivity contribution in [3.05, 3.63) is 34.9 Å². The Morgan fingerprint density at radius 2 is 1.76 bits per heavy atom. The molecule has 1 N–H and O–H groups in total. The van der Waals surface area contributed by atoms with E-state index < -0.39 is 17.7 Å². The van der Waals surface area contributed by atoms with Crippen molar-refractivity contribution in [2.45, 2.75) is 45.1 Å². The number of benzene rings is 1. The molecule has 3 heteroatoms. The van der Waals surface area contributed by atoms with E-state index in [0.717, 1.165) is 25.7 Å². The number of aliphatic hydroxyl groups is 1. The van der Waals surface area contributed by atoms with Crippen molar-refractivity contribution >= 4 is 0 Å². The molecule has 1 nitrogen and oxygen atoms in total. The minimum absolute atomic E-state index is 0.0698. The van der Waals surface area contributed by atoms with Crippen LogP contribution in [0.15, 0.2) is 12.1 Å². The maximum absolute atomic E-state index is 13.7. The highest BCUT2D eigenvalue weighted by molar-refractivity contribution is 5.27. The molecule has 94 valence electrons. The first-order valence-corrected chi connectivity index (χ1v) is 6.24. The molecule has 0 bridgehead atoms. The molecule has 1 aliphatic carbocycles. The van der Waals surface area contributed by atoms with Gasteiger partial charge in [-0.05, 0) is 31.2 Å². The van der Waals surface area contributed by atoms with E-state index in [2.05, 4.69) is 0 Å². The lowest BCUT2D eigenvalue weighted by Crippen LogP contribution is -2.17. The summed E-state index contributed by atoms with van der Waals surface area (Å²) in [5.74, 6) is -1.65. The van der Waals surface area contributed by atoms with Crippen LogP contribution in [0.3, 0.4) is 0 Å². The Balaban J connectivity index is 2.24. The van der Waals surface area contributed by atoms with Gasteiger partial charge in [-0.3, -0.25) is 0 Å². The Morgan fingerprint density at radius 1 is 1.12 bits per heavy atom. The van der Waals surface area contributed by atoms with Crippen molar-refractivity contribution in [1.82, 2.24) is 0 Å². The quantitative estimate of drug-likeness (QED) is 0.831. The highest BCUT2D eigenvalue weighted by Crippen LogP contribution is 2.35. The van der Waals surface area contributed by atoms with Crippen LogP contribution < -0.4 is 0 Å². The third-order valence-electron chi connectivity index (χ3n) is 3.72. The monoisotopic (exact) mass is 240 g/mol. The van der Waals surface area contributed by atoms with Gasteiger partial charge in [0, 0.05) is 5.56 Å². The second-order valence-corrected chi connectivity index (χ2v) is 4.94.